The molecule has 2 N–H and O–H groups in total. The number of rotatable bonds is 6. The molecule has 1 heterocycles. The van der Waals surface area contributed by atoms with E-state index in [0.29, 0.717) is 6.42 Å². The van der Waals surface area contributed by atoms with Crippen molar-refractivity contribution in [3.05, 3.63) is 24.4 Å². The van der Waals surface area contributed by atoms with Crippen molar-refractivity contribution in [2.75, 3.05) is 5.75 Å². The Morgan fingerprint density at radius 3 is 2.67 bits per heavy atom. The molecule has 0 saturated heterocycles. The molecule has 1 rings (SSSR count). The van der Waals surface area contributed by atoms with E-state index in [4.69, 9.17) is 5.73 Å². The minimum absolute atomic E-state index is 0.255. The van der Waals surface area contributed by atoms with Crippen molar-refractivity contribution >= 4 is 50.1 Å². The largest absolute Gasteiger partial charge is 0.370 e. The van der Waals surface area contributed by atoms with E-state index < -0.39 is 0 Å². The standard InChI is InChI=1S/C8H10N2OS2.C4H9I/c9-7(11)4-6-12-13-8-3-1-2-5-10-8;1-3-4(2)5/h1-3,5H,4,6H2,(H2,9,11);4H,3H2,1-2H3. The number of amides is 1. The molecule has 0 radical (unpaired) electrons. The maximum absolute atomic E-state index is 10.4. The van der Waals surface area contributed by atoms with E-state index in [1.807, 2.05) is 18.2 Å². The molecule has 1 aromatic rings. The number of carbonyl (C=O) groups is 1. The van der Waals surface area contributed by atoms with Crippen molar-refractivity contribution in [3.8, 4) is 0 Å². The lowest BCUT2D eigenvalue weighted by atomic mass is 10.4. The van der Waals surface area contributed by atoms with Gasteiger partial charge in [0.25, 0.3) is 0 Å². The number of primary amides is 1. The van der Waals surface area contributed by atoms with Gasteiger partial charge in [-0.15, -0.1) is 0 Å². The van der Waals surface area contributed by atoms with Crippen LogP contribution in [0.4, 0.5) is 0 Å². The molecule has 0 aliphatic carbocycles. The molecule has 1 unspecified atom stereocenters. The fraction of sp³-hybridized carbons (Fsp3) is 0.500. The van der Waals surface area contributed by atoms with E-state index in [1.165, 1.54) is 6.42 Å². The molecule has 18 heavy (non-hydrogen) atoms. The molecule has 102 valence electrons. The van der Waals surface area contributed by atoms with Gasteiger partial charge in [0, 0.05) is 22.3 Å². The summed E-state index contributed by atoms with van der Waals surface area (Å²) in [6.45, 7) is 4.40. The predicted molar refractivity (Wildman–Crippen MR) is 90.1 cm³/mol. The van der Waals surface area contributed by atoms with Crippen molar-refractivity contribution in [2.45, 2.75) is 35.6 Å². The summed E-state index contributed by atoms with van der Waals surface area (Å²) < 4.78 is 0.854. The first-order valence-corrected chi connectivity index (χ1v) is 9.25. The van der Waals surface area contributed by atoms with Crippen LogP contribution in [0.25, 0.3) is 0 Å². The maximum atomic E-state index is 10.4. The highest BCUT2D eigenvalue weighted by molar-refractivity contribution is 14.1. The number of carbonyl (C=O) groups excluding carboxylic acids is 1. The first-order chi connectivity index (χ1) is 8.56. The molecule has 0 spiro atoms. The van der Waals surface area contributed by atoms with Gasteiger partial charge in [0.05, 0.1) is 0 Å². The first kappa shape index (κ1) is 18.0. The summed E-state index contributed by atoms with van der Waals surface area (Å²) in [4.78, 5) is 14.5. The van der Waals surface area contributed by atoms with Gasteiger partial charge in [0.15, 0.2) is 0 Å². The van der Waals surface area contributed by atoms with Gasteiger partial charge < -0.3 is 5.73 Å². The van der Waals surface area contributed by atoms with Gasteiger partial charge in [-0.1, -0.05) is 53.3 Å². The van der Waals surface area contributed by atoms with Gasteiger partial charge in [-0.3, -0.25) is 4.79 Å². The van der Waals surface area contributed by atoms with E-state index in [0.717, 1.165) is 14.7 Å². The monoisotopic (exact) mass is 398 g/mol. The van der Waals surface area contributed by atoms with Crippen LogP contribution in [0.15, 0.2) is 29.4 Å². The van der Waals surface area contributed by atoms with Gasteiger partial charge >= 0.3 is 0 Å². The second kappa shape index (κ2) is 12.1. The van der Waals surface area contributed by atoms with Gasteiger partial charge in [0.1, 0.15) is 5.03 Å². The second-order valence-corrected chi connectivity index (χ2v) is 8.04. The number of nitrogens with two attached hydrogens (primary N) is 1. The normalized spacial score (nSPS) is 11.3. The number of hydrogen-bond donors (Lipinski definition) is 1. The minimum atomic E-state index is -0.255. The molecule has 1 aromatic heterocycles. The Bertz CT molecular complexity index is 323. The molecule has 0 fully saturated rings. The highest BCUT2D eigenvalue weighted by Gasteiger charge is 1.97. The van der Waals surface area contributed by atoms with Crippen LogP contribution in [0.3, 0.4) is 0 Å². The fourth-order valence-corrected chi connectivity index (χ4v) is 2.53. The first-order valence-electron chi connectivity index (χ1n) is 5.69. The van der Waals surface area contributed by atoms with Crippen LogP contribution >= 0.6 is 44.2 Å². The molecule has 0 aliphatic rings. The Balaban J connectivity index is 0.000000494. The molecule has 0 saturated carbocycles. The molecule has 3 nitrogen and oxygen atoms in total. The summed E-state index contributed by atoms with van der Waals surface area (Å²) in [7, 11) is 3.15. The van der Waals surface area contributed by atoms with Gasteiger partial charge in [-0.05, 0) is 29.3 Å². The summed E-state index contributed by atoms with van der Waals surface area (Å²) in [5.74, 6) is 0.477. The van der Waals surface area contributed by atoms with Gasteiger partial charge in [0.2, 0.25) is 5.91 Å². The molecular formula is C12H19IN2OS2. The number of nitrogens with zero attached hydrogens (tertiary/aromatic N) is 1. The summed E-state index contributed by atoms with van der Waals surface area (Å²) in [5.41, 5.74) is 4.99. The van der Waals surface area contributed by atoms with Crippen LogP contribution in [0, 0.1) is 0 Å². The molecule has 0 aliphatic heterocycles. The van der Waals surface area contributed by atoms with Crippen LogP contribution in [0.1, 0.15) is 26.7 Å². The van der Waals surface area contributed by atoms with E-state index in [-0.39, 0.29) is 5.91 Å². The number of pyridine rings is 1. The zero-order valence-electron chi connectivity index (χ0n) is 10.6. The Morgan fingerprint density at radius 2 is 2.22 bits per heavy atom. The highest BCUT2D eigenvalue weighted by atomic mass is 127. The number of aromatic nitrogens is 1. The Labute approximate surface area is 131 Å². The Morgan fingerprint density at radius 1 is 1.56 bits per heavy atom. The van der Waals surface area contributed by atoms with Crippen molar-refractivity contribution in [1.29, 1.82) is 0 Å². The van der Waals surface area contributed by atoms with Crippen LogP contribution in [0.5, 0.6) is 0 Å². The summed E-state index contributed by atoms with van der Waals surface area (Å²) in [5, 5.41) is 0.956. The quantitative estimate of drug-likeness (QED) is 0.342. The zero-order chi connectivity index (χ0) is 13.8. The summed E-state index contributed by atoms with van der Waals surface area (Å²) in [6, 6.07) is 5.74. The smallest absolute Gasteiger partial charge is 0.218 e. The molecule has 1 atom stereocenters. The van der Waals surface area contributed by atoms with Crippen molar-refractivity contribution in [3.63, 3.8) is 0 Å². The van der Waals surface area contributed by atoms with Crippen molar-refractivity contribution < 1.29 is 4.79 Å². The topological polar surface area (TPSA) is 56.0 Å². The van der Waals surface area contributed by atoms with Crippen LogP contribution in [0.2, 0.25) is 0 Å². The molecule has 1 amide bonds. The minimum Gasteiger partial charge on any atom is -0.370 e. The lowest BCUT2D eigenvalue weighted by molar-refractivity contribution is -0.117. The second-order valence-electron chi connectivity index (χ2n) is 3.48. The lowest BCUT2D eigenvalue weighted by Crippen LogP contribution is -2.10. The van der Waals surface area contributed by atoms with Crippen molar-refractivity contribution in [1.82, 2.24) is 4.98 Å². The Hall–Kier alpha value is 0.0500. The molecule has 6 heteroatoms. The number of halogens is 1. The lowest BCUT2D eigenvalue weighted by Gasteiger charge is -1.97. The van der Waals surface area contributed by atoms with Crippen molar-refractivity contribution in [2.24, 2.45) is 5.73 Å². The number of hydrogen-bond acceptors (Lipinski definition) is 4. The van der Waals surface area contributed by atoms with Gasteiger partial charge in [-0.25, -0.2) is 4.98 Å². The van der Waals surface area contributed by atoms with Gasteiger partial charge in [-0.2, -0.15) is 0 Å². The number of alkyl halides is 1. The molecule has 0 aromatic carbocycles. The maximum Gasteiger partial charge on any atom is 0.218 e. The summed E-state index contributed by atoms with van der Waals surface area (Å²) >= 11 is 2.41. The van der Waals surface area contributed by atoms with Crippen LogP contribution < -0.4 is 5.73 Å². The average Bonchev–Trinajstić information content (AvgIpc) is 2.36. The SMILES string of the molecule is CCC(C)I.NC(=O)CCSSc1ccccn1. The molecular weight excluding hydrogens is 379 g/mol. The zero-order valence-corrected chi connectivity index (χ0v) is 14.4. The van der Waals surface area contributed by atoms with Crippen LogP contribution in [-0.4, -0.2) is 20.6 Å². The Kier molecular flexibility index (Phi) is 12.1. The predicted octanol–water partition coefficient (Wildman–Crippen LogP) is 3.92. The fourth-order valence-electron chi connectivity index (χ4n) is 0.641. The third kappa shape index (κ3) is 12.5. The average molecular weight is 398 g/mol. The van der Waals surface area contributed by atoms with E-state index in [1.54, 1.807) is 27.8 Å². The van der Waals surface area contributed by atoms with E-state index in [2.05, 4.69) is 41.4 Å². The summed E-state index contributed by atoms with van der Waals surface area (Å²) in [6.07, 6.45) is 3.46. The third-order valence-corrected chi connectivity index (χ3v) is 4.92. The molecule has 0 bridgehead atoms. The highest BCUT2D eigenvalue weighted by Crippen LogP contribution is 2.28. The third-order valence-electron chi connectivity index (χ3n) is 1.78. The van der Waals surface area contributed by atoms with E-state index >= 15 is 0 Å². The van der Waals surface area contributed by atoms with E-state index in [9.17, 15) is 4.79 Å². The van der Waals surface area contributed by atoms with Crippen LogP contribution in [-0.2, 0) is 4.79 Å².